The summed E-state index contributed by atoms with van der Waals surface area (Å²) in [6.45, 7) is 0.889. The number of nitrogens with zero attached hydrogens (tertiary/aromatic N) is 3. The number of rotatable bonds is 7. The number of carbonyl (C=O) groups excluding carboxylic acids is 3. The van der Waals surface area contributed by atoms with E-state index in [1.807, 2.05) is 0 Å². The lowest BCUT2D eigenvalue weighted by atomic mass is 10.1. The first-order valence-corrected chi connectivity index (χ1v) is 13.2. The van der Waals surface area contributed by atoms with E-state index in [2.05, 4.69) is 0 Å². The van der Waals surface area contributed by atoms with Crippen LogP contribution >= 0.6 is 11.8 Å². The van der Waals surface area contributed by atoms with Crippen molar-refractivity contribution in [3.63, 3.8) is 0 Å². The Hall–Kier alpha value is -3.71. The highest BCUT2D eigenvalue weighted by Crippen LogP contribution is 2.33. The summed E-state index contributed by atoms with van der Waals surface area (Å²) >= 11 is 0.690. The van der Waals surface area contributed by atoms with Gasteiger partial charge in [0.05, 0.1) is 9.83 Å². The van der Waals surface area contributed by atoms with E-state index < -0.39 is 31.9 Å². The van der Waals surface area contributed by atoms with Gasteiger partial charge in [0.1, 0.15) is 17.2 Å². The summed E-state index contributed by atoms with van der Waals surface area (Å²) in [6.07, 6.45) is 4.23. The Kier molecular flexibility index (Phi) is 7.40. The fourth-order valence-corrected chi connectivity index (χ4v) is 5.55. The fourth-order valence-electron chi connectivity index (χ4n) is 3.75. The van der Waals surface area contributed by atoms with Gasteiger partial charge in [-0.15, -0.1) is 0 Å². The molecular weight excluding hydrogens is 510 g/mol. The van der Waals surface area contributed by atoms with Crippen molar-refractivity contribution in [2.24, 2.45) is 0 Å². The molecule has 188 valence electrons. The molecule has 0 radical (unpaired) electrons. The van der Waals surface area contributed by atoms with E-state index in [1.54, 1.807) is 11.0 Å². The molecule has 2 aromatic carbocycles. The summed E-state index contributed by atoms with van der Waals surface area (Å²) in [5.74, 6) is -0.972. The minimum absolute atomic E-state index is 0.0881. The van der Waals surface area contributed by atoms with Gasteiger partial charge in [0.2, 0.25) is 5.91 Å². The first-order chi connectivity index (χ1) is 17.1. The number of imide groups is 1. The van der Waals surface area contributed by atoms with Crippen molar-refractivity contribution in [3.8, 4) is 5.75 Å². The molecule has 0 unspecified atom stereocenters. The Morgan fingerprint density at radius 3 is 2.53 bits per heavy atom. The second kappa shape index (κ2) is 10.5. The van der Waals surface area contributed by atoms with Gasteiger partial charge >= 0.3 is 10.1 Å². The molecule has 0 spiro atoms. The van der Waals surface area contributed by atoms with Crippen molar-refractivity contribution < 1.29 is 31.9 Å². The molecule has 2 aliphatic rings. The van der Waals surface area contributed by atoms with Gasteiger partial charge in [-0.1, -0.05) is 18.2 Å². The van der Waals surface area contributed by atoms with E-state index in [4.69, 9.17) is 4.18 Å². The molecule has 0 bridgehead atoms. The molecule has 2 aliphatic heterocycles. The highest BCUT2D eigenvalue weighted by atomic mass is 32.2. The molecule has 2 fully saturated rings. The van der Waals surface area contributed by atoms with Gasteiger partial charge in [0.25, 0.3) is 16.8 Å². The Balaban J connectivity index is 1.48. The molecule has 3 amide bonds. The zero-order valence-electron chi connectivity index (χ0n) is 18.9. The van der Waals surface area contributed by atoms with Gasteiger partial charge in [-0.05, 0) is 60.9 Å². The van der Waals surface area contributed by atoms with Crippen LogP contribution in [0.2, 0.25) is 0 Å². The summed E-state index contributed by atoms with van der Waals surface area (Å²) in [4.78, 5) is 50.2. The van der Waals surface area contributed by atoms with Crippen LogP contribution in [0, 0.1) is 10.1 Å². The number of amides is 3. The predicted octanol–water partition coefficient (Wildman–Crippen LogP) is 3.41. The number of carbonyl (C=O) groups is 3. The van der Waals surface area contributed by atoms with Gasteiger partial charge in [0.15, 0.2) is 0 Å². The Morgan fingerprint density at radius 1 is 1.08 bits per heavy atom. The number of likely N-dealkylation sites (tertiary alicyclic amines) is 1. The summed E-state index contributed by atoms with van der Waals surface area (Å²) < 4.78 is 30.3. The van der Waals surface area contributed by atoms with E-state index in [0.717, 1.165) is 36.3 Å². The zero-order valence-corrected chi connectivity index (χ0v) is 20.5. The highest BCUT2D eigenvalue weighted by molar-refractivity contribution is 8.18. The summed E-state index contributed by atoms with van der Waals surface area (Å²) in [5, 5.41) is 10.4. The monoisotopic (exact) mass is 531 g/mol. The summed E-state index contributed by atoms with van der Waals surface area (Å²) in [6, 6.07) is 10.3. The third kappa shape index (κ3) is 5.74. The number of hydrogen-bond acceptors (Lipinski definition) is 9. The molecule has 0 aliphatic carbocycles. The van der Waals surface area contributed by atoms with Gasteiger partial charge < -0.3 is 9.08 Å². The lowest BCUT2D eigenvalue weighted by molar-refractivity contribution is -0.385. The molecule has 0 saturated carbocycles. The van der Waals surface area contributed by atoms with Crippen molar-refractivity contribution in [3.05, 3.63) is 69.1 Å². The zero-order chi connectivity index (χ0) is 25.9. The number of non-ortho nitro benzene ring substituents is 1. The fraction of sp³-hybridized carbons (Fsp3) is 0.261. The molecule has 36 heavy (non-hydrogen) atoms. The van der Waals surface area contributed by atoms with Crippen molar-refractivity contribution in [1.29, 1.82) is 0 Å². The van der Waals surface area contributed by atoms with Crippen LogP contribution in [-0.2, 0) is 19.7 Å². The SMILES string of the molecule is O=C(CN1C(=O)S/C(=C\c2cccc(OS(=O)(=O)c3cccc([N+](=O)[O-])c3)c2)C1=O)N1CCCCC1. The smallest absolute Gasteiger partial charge is 0.339 e. The maximum Gasteiger partial charge on any atom is 0.339 e. The third-order valence-electron chi connectivity index (χ3n) is 5.55. The van der Waals surface area contributed by atoms with Crippen LogP contribution < -0.4 is 4.18 Å². The standard InChI is InChI=1S/C23H21N3O8S2/c27-21(24-10-2-1-3-11-24)15-25-22(28)20(35-23(25)29)13-16-6-4-8-18(12-16)34-36(32,33)19-9-5-7-17(14-19)26(30)31/h4-9,12-14H,1-3,10-11,15H2/b20-13-. The highest BCUT2D eigenvalue weighted by Gasteiger charge is 2.37. The number of nitro benzene ring substituents is 1. The van der Waals surface area contributed by atoms with Gasteiger partial charge in [0, 0.05) is 25.2 Å². The number of piperidine rings is 1. The van der Waals surface area contributed by atoms with Gasteiger partial charge in [-0.3, -0.25) is 29.4 Å². The summed E-state index contributed by atoms with van der Waals surface area (Å²) in [7, 11) is -4.37. The van der Waals surface area contributed by atoms with Gasteiger partial charge in [-0.25, -0.2) is 0 Å². The average Bonchev–Trinajstić information content (AvgIpc) is 3.11. The van der Waals surface area contributed by atoms with E-state index >= 15 is 0 Å². The summed E-state index contributed by atoms with van der Waals surface area (Å²) in [5.41, 5.74) is -0.0162. The minimum atomic E-state index is -4.37. The molecule has 0 N–H and O–H groups in total. The quantitative estimate of drug-likeness (QED) is 0.227. The topological polar surface area (TPSA) is 144 Å². The van der Waals surface area contributed by atoms with Crippen LogP contribution in [0.25, 0.3) is 6.08 Å². The number of hydrogen-bond donors (Lipinski definition) is 0. The van der Waals surface area contributed by atoms with Crippen molar-refractivity contribution in [1.82, 2.24) is 9.80 Å². The van der Waals surface area contributed by atoms with E-state index in [0.29, 0.717) is 30.4 Å². The maximum absolute atomic E-state index is 12.8. The number of benzene rings is 2. The Labute approximate surface area is 211 Å². The molecule has 4 rings (SSSR count). The molecule has 0 aromatic heterocycles. The molecule has 13 heteroatoms. The van der Waals surface area contributed by atoms with E-state index in [1.165, 1.54) is 36.4 Å². The van der Waals surface area contributed by atoms with E-state index in [-0.39, 0.29) is 28.0 Å². The van der Waals surface area contributed by atoms with Crippen molar-refractivity contribution >= 4 is 50.7 Å². The Bertz CT molecular complexity index is 1370. The number of nitro groups is 1. The minimum Gasteiger partial charge on any atom is -0.379 e. The van der Waals surface area contributed by atoms with Crippen molar-refractivity contribution in [2.75, 3.05) is 19.6 Å². The first-order valence-electron chi connectivity index (χ1n) is 11.0. The predicted molar refractivity (Wildman–Crippen MR) is 130 cm³/mol. The van der Waals surface area contributed by atoms with Crippen LogP contribution in [0.5, 0.6) is 5.75 Å². The van der Waals surface area contributed by atoms with Crippen LogP contribution in [0.1, 0.15) is 24.8 Å². The molecule has 0 atom stereocenters. The molecule has 2 aromatic rings. The van der Waals surface area contributed by atoms with Crippen molar-refractivity contribution in [2.45, 2.75) is 24.2 Å². The second-order valence-corrected chi connectivity index (χ2v) is 10.6. The second-order valence-electron chi connectivity index (χ2n) is 8.07. The first kappa shape index (κ1) is 25.4. The van der Waals surface area contributed by atoms with Crippen LogP contribution in [0.4, 0.5) is 10.5 Å². The maximum atomic E-state index is 12.8. The normalized spacial score (nSPS) is 17.5. The third-order valence-corrected chi connectivity index (χ3v) is 7.71. The molecule has 11 nitrogen and oxygen atoms in total. The lowest BCUT2D eigenvalue weighted by Crippen LogP contribution is -2.44. The molecular formula is C23H21N3O8S2. The van der Waals surface area contributed by atoms with Gasteiger partial charge in [-0.2, -0.15) is 8.42 Å². The largest absolute Gasteiger partial charge is 0.379 e. The lowest BCUT2D eigenvalue weighted by Gasteiger charge is -2.27. The number of thioether (sulfide) groups is 1. The average molecular weight is 532 g/mol. The molecule has 2 heterocycles. The van der Waals surface area contributed by atoms with Crippen LogP contribution in [0.15, 0.2) is 58.3 Å². The van der Waals surface area contributed by atoms with Crippen LogP contribution in [0.3, 0.4) is 0 Å². The Morgan fingerprint density at radius 2 is 1.81 bits per heavy atom. The molecule has 2 saturated heterocycles. The van der Waals surface area contributed by atoms with Crippen LogP contribution in [-0.4, -0.2) is 59.8 Å². The van der Waals surface area contributed by atoms with E-state index in [9.17, 15) is 32.9 Å².